The Hall–Kier alpha value is -1.07. The van der Waals surface area contributed by atoms with E-state index in [1.165, 1.54) is 0 Å². The van der Waals surface area contributed by atoms with Gasteiger partial charge in [0.15, 0.2) is 0 Å². The first-order valence-electron chi connectivity index (χ1n) is 6.08. The molecule has 1 aliphatic carbocycles. The number of rotatable bonds is 4. The van der Waals surface area contributed by atoms with Crippen LogP contribution in [0.5, 0.6) is 5.75 Å². The Morgan fingerprint density at radius 3 is 2.89 bits per heavy atom. The van der Waals surface area contributed by atoms with Crippen molar-refractivity contribution in [1.82, 2.24) is 0 Å². The molecule has 1 aromatic rings. The molecule has 2 unspecified atom stereocenters. The standard InChI is InChI=1S/C13H17BrN2O2/c14-9-4-2-6-11(12(9)13(16)17)18-10-5-1-3-8(10)7-15/h2,4,6,8,10H,1,3,5,7,15H2,(H2,16,17). The molecular weight excluding hydrogens is 296 g/mol. The molecule has 0 spiro atoms. The van der Waals surface area contributed by atoms with Gasteiger partial charge in [-0.15, -0.1) is 0 Å². The van der Waals surface area contributed by atoms with Gasteiger partial charge in [-0.2, -0.15) is 0 Å². The highest BCUT2D eigenvalue weighted by atomic mass is 79.9. The number of benzene rings is 1. The monoisotopic (exact) mass is 312 g/mol. The molecule has 4 N–H and O–H groups in total. The lowest BCUT2D eigenvalue weighted by Gasteiger charge is -2.21. The van der Waals surface area contributed by atoms with Crippen LogP contribution in [0, 0.1) is 5.92 Å². The second-order valence-corrected chi connectivity index (χ2v) is 5.41. The maximum Gasteiger partial charge on any atom is 0.253 e. The van der Waals surface area contributed by atoms with Crippen molar-refractivity contribution in [2.45, 2.75) is 25.4 Å². The summed E-state index contributed by atoms with van der Waals surface area (Å²) in [6.45, 7) is 0.616. The maximum atomic E-state index is 11.5. The van der Waals surface area contributed by atoms with Crippen molar-refractivity contribution in [1.29, 1.82) is 0 Å². The lowest BCUT2D eigenvalue weighted by Crippen LogP contribution is -2.28. The molecular formula is C13H17BrN2O2. The summed E-state index contributed by atoms with van der Waals surface area (Å²) in [6, 6.07) is 5.39. The van der Waals surface area contributed by atoms with Crippen LogP contribution in [0.3, 0.4) is 0 Å². The van der Waals surface area contributed by atoms with E-state index < -0.39 is 5.91 Å². The molecule has 0 bridgehead atoms. The van der Waals surface area contributed by atoms with Crippen LogP contribution < -0.4 is 16.2 Å². The zero-order valence-electron chi connectivity index (χ0n) is 10.1. The molecule has 0 heterocycles. The van der Waals surface area contributed by atoms with Gasteiger partial charge in [0, 0.05) is 10.4 Å². The lowest BCUT2D eigenvalue weighted by molar-refractivity contribution is 0.0988. The van der Waals surface area contributed by atoms with E-state index in [9.17, 15) is 4.79 Å². The topological polar surface area (TPSA) is 78.3 Å². The average Bonchev–Trinajstić information content (AvgIpc) is 2.76. The summed E-state index contributed by atoms with van der Waals surface area (Å²) < 4.78 is 6.60. The van der Waals surface area contributed by atoms with Gasteiger partial charge in [0.05, 0.1) is 5.56 Å². The normalized spacial score (nSPS) is 23.0. The molecule has 5 heteroatoms. The summed E-state index contributed by atoms with van der Waals surface area (Å²) in [5.41, 5.74) is 11.5. The van der Waals surface area contributed by atoms with Crippen LogP contribution in [0.2, 0.25) is 0 Å². The Morgan fingerprint density at radius 1 is 1.44 bits per heavy atom. The van der Waals surface area contributed by atoms with Crippen LogP contribution >= 0.6 is 15.9 Å². The molecule has 1 amide bonds. The number of hydrogen-bond donors (Lipinski definition) is 2. The van der Waals surface area contributed by atoms with Gasteiger partial charge in [0.2, 0.25) is 0 Å². The Balaban J connectivity index is 2.23. The first kappa shape index (κ1) is 13.4. The highest BCUT2D eigenvalue weighted by molar-refractivity contribution is 9.10. The molecule has 18 heavy (non-hydrogen) atoms. The van der Waals surface area contributed by atoms with Crippen LogP contribution in [0.25, 0.3) is 0 Å². The van der Waals surface area contributed by atoms with Crippen molar-refractivity contribution in [3.8, 4) is 5.75 Å². The smallest absolute Gasteiger partial charge is 0.253 e. The van der Waals surface area contributed by atoms with Crippen molar-refractivity contribution in [3.63, 3.8) is 0 Å². The summed E-state index contributed by atoms with van der Waals surface area (Å²) in [5, 5.41) is 0. The summed E-state index contributed by atoms with van der Waals surface area (Å²) >= 11 is 3.32. The van der Waals surface area contributed by atoms with E-state index in [4.69, 9.17) is 16.2 Å². The molecule has 98 valence electrons. The number of nitrogens with two attached hydrogens (primary N) is 2. The van der Waals surface area contributed by atoms with Crippen molar-refractivity contribution >= 4 is 21.8 Å². The van der Waals surface area contributed by atoms with Gasteiger partial charge >= 0.3 is 0 Å². The molecule has 0 saturated heterocycles. The van der Waals surface area contributed by atoms with Gasteiger partial charge in [-0.05, 0) is 53.9 Å². The highest BCUT2D eigenvalue weighted by Gasteiger charge is 2.29. The molecule has 2 rings (SSSR count). The van der Waals surface area contributed by atoms with Crippen molar-refractivity contribution in [2.24, 2.45) is 17.4 Å². The third kappa shape index (κ3) is 2.67. The van der Waals surface area contributed by atoms with E-state index in [2.05, 4.69) is 15.9 Å². The molecule has 1 fully saturated rings. The fourth-order valence-electron chi connectivity index (χ4n) is 2.43. The fourth-order valence-corrected chi connectivity index (χ4v) is 2.98. The SMILES string of the molecule is NCC1CCCC1Oc1cccc(Br)c1C(N)=O. The molecule has 4 nitrogen and oxygen atoms in total. The number of amides is 1. The summed E-state index contributed by atoms with van der Waals surface area (Å²) in [7, 11) is 0. The Morgan fingerprint density at radius 2 is 2.22 bits per heavy atom. The molecule has 0 radical (unpaired) electrons. The second kappa shape index (κ2) is 5.71. The third-order valence-corrected chi connectivity index (χ3v) is 4.05. The Bertz CT molecular complexity index is 451. The predicted molar refractivity (Wildman–Crippen MR) is 73.5 cm³/mol. The van der Waals surface area contributed by atoms with Gasteiger partial charge < -0.3 is 16.2 Å². The van der Waals surface area contributed by atoms with Crippen LogP contribution in [-0.4, -0.2) is 18.6 Å². The first-order valence-corrected chi connectivity index (χ1v) is 6.87. The molecule has 0 aliphatic heterocycles. The van der Waals surface area contributed by atoms with Crippen LogP contribution in [0.15, 0.2) is 22.7 Å². The highest BCUT2D eigenvalue weighted by Crippen LogP contribution is 2.32. The summed E-state index contributed by atoms with van der Waals surface area (Å²) in [6.07, 6.45) is 3.27. The number of primary amides is 1. The second-order valence-electron chi connectivity index (χ2n) is 4.56. The van der Waals surface area contributed by atoms with Gasteiger partial charge in [-0.25, -0.2) is 0 Å². The van der Waals surface area contributed by atoms with E-state index >= 15 is 0 Å². The minimum Gasteiger partial charge on any atom is -0.489 e. The minimum absolute atomic E-state index is 0.0856. The lowest BCUT2D eigenvalue weighted by atomic mass is 10.1. The van der Waals surface area contributed by atoms with Crippen LogP contribution in [0.1, 0.15) is 29.6 Å². The zero-order chi connectivity index (χ0) is 13.1. The van der Waals surface area contributed by atoms with Gasteiger partial charge in [0.25, 0.3) is 5.91 Å². The summed E-state index contributed by atoms with van der Waals surface area (Å²) in [4.78, 5) is 11.5. The van der Waals surface area contributed by atoms with Gasteiger partial charge in [-0.3, -0.25) is 4.79 Å². The zero-order valence-corrected chi connectivity index (χ0v) is 11.7. The molecule has 2 atom stereocenters. The number of ether oxygens (including phenoxy) is 1. The van der Waals surface area contributed by atoms with Crippen molar-refractivity contribution in [2.75, 3.05) is 6.54 Å². The quantitative estimate of drug-likeness (QED) is 0.893. The van der Waals surface area contributed by atoms with Crippen molar-refractivity contribution in [3.05, 3.63) is 28.2 Å². The number of hydrogen-bond acceptors (Lipinski definition) is 3. The molecule has 1 aliphatic rings. The van der Waals surface area contributed by atoms with E-state index in [0.29, 0.717) is 28.2 Å². The largest absolute Gasteiger partial charge is 0.489 e. The summed E-state index contributed by atoms with van der Waals surface area (Å²) in [5.74, 6) is 0.423. The molecule has 0 aromatic heterocycles. The number of carbonyl (C=O) groups is 1. The number of halogens is 1. The van der Waals surface area contributed by atoms with Gasteiger partial charge in [0.1, 0.15) is 11.9 Å². The van der Waals surface area contributed by atoms with E-state index in [1.807, 2.05) is 6.07 Å². The first-order chi connectivity index (χ1) is 8.63. The Labute approximate surface area is 115 Å². The fraction of sp³-hybridized carbons (Fsp3) is 0.462. The Kier molecular flexibility index (Phi) is 4.24. The average molecular weight is 313 g/mol. The van der Waals surface area contributed by atoms with E-state index in [1.54, 1.807) is 12.1 Å². The van der Waals surface area contributed by atoms with E-state index in [-0.39, 0.29) is 6.10 Å². The minimum atomic E-state index is -0.486. The molecule has 1 aromatic carbocycles. The number of carbonyl (C=O) groups excluding carboxylic acids is 1. The van der Waals surface area contributed by atoms with E-state index in [0.717, 1.165) is 19.3 Å². The third-order valence-electron chi connectivity index (χ3n) is 3.39. The van der Waals surface area contributed by atoms with Crippen molar-refractivity contribution < 1.29 is 9.53 Å². The predicted octanol–water partition coefficient (Wildman–Crippen LogP) is 2.05. The van der Waals surface area contributed by atoms with Crippen LogP contribution in [-0.2, 0) is 0 Å². The van der Waals surface area contributed by atoms with Gasteiger partial charge in [-0.1, -0.05) is 6.07 Å². The van der Waals surface area contributed by atoms with Crippen LogP contribution in [0.4, 0.5) is 0 Å². The molecule has 1 saturated carbocycles. The maximum absolute atomic E-state index is 11.5.